The topological polar surface area (TPSA) is 35.2 Å². The Morgan fingerprint density at radius 1 is 1.50 bits per heavy atom. The SMILES string of the molecule is CCOCC(C)(N)Cc1cc(F)ccc1Br. The van der Waals surface area contributed by atoms with E-state index < -0.39 is 5.54 Å². The highest BCUT2D eigenvalue weighted by Gasteiger charge is 2.20. The van der Waals surface area contributed by atoms with E-state index in [1.54, 1.807) is 6.07 Å². The van der Waals surface area contributed by atoms with E-state index in [0.717, 1.165) is 10.0 Å². The Morgan fingerprint density at radius 2 is 2.19 bits per heavy atom. The molecule has 1 unspecified atom stereocenters. The highest BCUT2D eigenvalue weighted by atomic mass is 79.9. The third-order valence-electron chi connectivity index (χ3n) is 2.24. The molecule has 1 atom stereocenters. The summed E-state index contributed by atoms with van der Waals surface area (Å²) in [5.74, 6) is -0.245. The van der Waals surface area contributed by atoms with Gasteiger partial charge in [-0.15, -0.1) is 0 Å². The Bertz CT molecular complexity index is 355. The summed E-state index contributed by atoms with van der Waals surface area (Å²) in [5, 5.41) is 0. The maximum Gasteiger partial charge on any atom is 0.123 e. The predicted octanol–water partition coefficient (Wildman–Crippen LogP) is 2.88. The summed E-state index contributed by atoms with van der Waals surface area (Å²) in [6.07, 6.45) is 0.575. The zero-order valence-corrected chi connectivity index (χ0v) is 11.2. The number of hydrogen-bond donors (Lipinski definition) is 1. The molecule has 0 saturated heterocycles. The summed E-state index contributed by atoms with van der Waals surface area (Å²) < 4.78 is 19.3. The summed E-state index contributed by atoms with van der Waals surface area (Å²) in [6.45, 7) is 4.93. The first-order valence-corrected chi connectivity index (χ1v) is 6.04. The first-order chi connectivity index (χ1) is 7.44. The number of nitrogens with two attached hydrogens (primary N) is 1. The quantitative estimate of drug-likeness (QED) is 0.905. The third-order valence-corrected chi connectivity index (χ3v) is 3.01. The van der Waals surface area contributed by atoms with Gasteiger partial charge in [0.25, 0.3) is 0 Å². The molecule has 0 bridgehead atoms. The van der Waals surface area contributed by atoms with Crippen LogP contribution < -0.4 is 5.73 Å². The maximum absolute atomic E-state index is 13.1. The molecule has 1 aromatic carbocycles. The highest BCUT2D eigenvalue weighted by Crippen LogP contribution is 2.22. The van der Waals surface area contributed by atoms with Crippen LogP contribution in [0.3, 0.4) is 0 Å². The molecule has 0 aliphatic heterocycles. The molecule has 0 radical (unpaired) electrons. The molecule has 1 aromatic rings. The summed E-state index contributed by atoms with van der Waals surface area (Å²) in [4.78, 5) is 0. The molecule has 16 heavy (non-hydrogen) atoms. The summed E-state index contributed by atoms with van der Waals surface area (Å²) in [6, 6.07) is 4.62. The van der Waals surface area contributed by atoms with Gasteiger partial charge in [-0.2, -0.15) is 0 Å². The number of halogens is 2. The standard InChI is InChI=1S/C12H17BrFNO/c1-3-16-8-12(2,15)7-9-6-10(14)4-5-11(9)13/h4-6H,3,7-8,15H2,1-2H3. The second-order valence-electron chi connectivity index (χ2n) is 4.20. The Morgan fingerprint density at radius 3 is 2.81 bits per heavy atom. The van der Waals surface area contributed by atoms with Crippen LogP contribution in [-0.2, 0) is 11.2 Å². The molecule has 0 saturated carbocycles. The van der Waals surface area contributed by atoms with Crippen molar-refractivity contribution in [3.8, 4) is 0 Å². The van der Waals surface area contributed by atoms with Crippen molar-refractivity contribution in [1.29, 1.82) is 0 Å². The van der Waals surface area contributed by atoms with E-state index in [-0.39, 0.29) is 5.82 Å². The van der Waals surface area contributed by atoms with Crippen molar-refractivity contribution in [1.82, 2.24) is 0 Å². The minimum atomic E-state index is -0.480. The van der Waals surface area contributed by atoms with Gasteiger partial charge in [0.15, 0.2) is 0 Å². The Kier molecular flexibility index (Phi) is 4.89. The minimum absolute atomic E-state index is 0.245. The van der Waals surface area contributed by atoms with Gasteiger partial charge in [0.05, 0.1) is 6.61 Å². The second-order valence-corrected chi connectivity index (χ2v) is 5.06. The second kappa shape index (κ2) is 5.75. The largest absolute Gasteiger partial charge is 0.380 e. The average Bonchev–Trinajstić information content (AvgIpc) is 2.20. The fourth-order valence-corrected chi connectivity index (χ4v) is 1.89. The van der Waals surface area contributed by atoms with E-state index in [2.05, 4.69) is 15.9 Å². The fraction of sp³-hybridized carbons (Fsp3) is 0.500. The summed E-state index contributed by atoms with van der Waals surface area (Å²) in [5.41, 5.74) is 6.47. The lowest BCUT2D eigenvalue weighted by Crippen LogP contribution is -2.43. The molecule has 0 fully saturated rings. The van der Waals surface area contributed by atoms with Gasteiger partial charge in [0.1, 0.15) is 5.82 Å². The van der Waals surface area contributed by atoms with Gasteiger partial charge < -0.3 is 10.5 Å². The first-order valence-electron chi connectivity index (χ1n) is 5.25. The fourth-order valence-electron chi connectivity index (χ4n) is 1.50. The van der Waals surface area contributed by atoms with Crippen LogP contribution in [0.2, 0.25) is 0 Å². The van der Waals surface area contributed by atoms with Gasteiger partial charge >= 0.3 is 0 Å². The van der Waals surface area contributed by atoms with E-state index in [9.17, 15) is 4.39 Å². The van der Waals surface area contributed by atoms with E-state index in [1.807, 2.05) is 13.8 Å². The molecule has 0 heterocycles. The van der Waals surface area contributed by atoms with Crippen LogP contribution >= 0.6 is 15.9 Å². The van der Waals surface area contributed by atoms with Crippen LogP contribution in [-0.4, -0.2) is 18.8 Å². The Labute approximate surface area is 104 Å². The van der Waals surface area contributed by atoms with E-state index in [0.29, 0.717) is 19.6 Å². The van der Waals surface area contributed by atoms with Crippen LogP contribution in [0.25, 0.3) is 0 Å². The molecule has 0 aliphatic carbocycles. The zero-order chi connectivity index (χ0) is 12.2. The third kappa shape index (κ3) is 4.20. The predicted molar refractivity (Wildman–Crippen MR) is 66.9 cm³/mol. The number of rotatable bonds is 5. The van der Waals surface area contributed by atoms with Gasteiger partial charge in [-0.25, -0.2) is 4.39 Å². The van der Waals surface area contributed by atoms with Crippen LogP contribution in [0.1, 0.15) is 19.4 Å². The number of benzene rings is 1. The molecule has 0 spiro atoms. The molecular formula is C12H17BrFNO. The molecule has 0 aliphatic rings. The first kappa shape index (κ1) is 13.6. The lowest BCUT2D eigenvalue weighted by atomic mass is 9.95. The Hall–Kier alpha value is -0.450. The van der Waals surface area contributed by atoms with Crippen LogP contribution in [0, 0.1) is 5.82 Å². The van der Waals surface area contributed by atoms with Crippen molar-refractivity contribution in [2.24, 2.45) is 5.73 Å². The molecule has 90 valence electrons. The van der Waals surface area contributed by atoms with Crippen molar-refractivity contribution in [3.63, 3.8) is 0 Å². The normalized spacial score (nSPS) is 14.8. The van der Waals surface area contributed by atoms with Crippen molar-refractivity contribution in [2.45, 2.75) is 25.8 Å². The highest BCUT2D eigenvalue weighted by molar-refractivity contribution is 9.10. The lowest BCUT2D eigenvalue weighted by molar-refractivity contribution is 0.101. The molecule has 0 aromatic heterocycles. The van der Waals surface area contributed by atoms with Gasteiger partial charge in [-0.1, -0.05) is 15.9 Å². The van der Waals surface area contributed by atoms with Crippen molar-refractivity contribution >= 4 is 15.9 Å². The van der Waals surface area contributed by atoms with Crippen molar-refractivity contribution in [2.75, 3.05) is 13.2 Å². The van der Waals surface area contributed by atoms with Crippen LogP contribution in [0.15, 0.2) is 22.7 Å². The molecular weight excluding hydrogens is 273 g/mol. The zero-order valence-electron chi connectivity index (χ0n) is 9.59. The average molecular weight is 290 g/mol. The smallest absolute Gasteiger partial charge is 0.123 e. The molecule has 4 heteroatoms. The molecule has 0 amide bonds. The maximum atomic E-state index is 13.1. The number of ether oxygens (including phenoxy) is 1. The van der Waals surface area contributed by atoms with Gasteiger partial charge in [0.2, 0.25) is 0 Å². The monoisotopic (exact) mass is 289 g/mol. The van der Waals surface area contributed by atoms with E-state index >= 15 is 0 Å². The molecule has 1 rings (SSSR count). The molecule has 2 N–H and O–H groups in total. The van der Waals surface area contributed by atoms with Crippen LogP contribution in [0.4, 0.5) is 4.39 Å². The van der Waals surface area contributed by atoms with E-state index in [4.69, 9.17) is 10.5 Å². The summed E-state index contributed by atoms with van der Waals surface area (Å²) in [7, 11) is 0. The van der Waals surface area contributed by atoms with Gasteiger partial charge in [-0.3, -0.25) is 0 Å². The van der Waals surface area contributed by atoms with Gasteiger partial charge in [-0.05, 0) is 44.0 Å². The van der Waals surface area contributed by atoms with Crippen molar-refractivity contribution in [3.05, 3.63) is 34.1 Å². The van der Waals surface area contributed by atoms with E-state index in [1.165, 1.54) is 12.1 Å². The lowest BCUT2D eigenvalue weighted by Gasteiger charge is -2.24. The van der Waals surface area contributed by atoms with Crippen molar-refractivity contribution < 1.29 is 9.13 Å². The van der Waals surface area contributed by atoms with Crippen LogP contribution in [0.5, 0.6) is 0 Å². The van der Waals surface area contributed by atoms with Gasteiger partial charge in [0, 0.05) is 16.6 Å². The number of hydrogen-bond acceptors (Lipinski definition) is 2. The molecule has 2 nitrogen and oxygen atoms in total. The minimum Gasteiger partial charge on any atom is -0.380 e. The Balaban J connectivity index is 2.74. The summed E-state index contributed by atoms with van der Waals surface area (Å²) >= 11 is 3.39.